The molecule has 1 aromatic carbocycles. The number of fused-ring (bicyclic) bond motifs is 1. The number of unbranched alkanes of at least 4 members (excludes halogenated alkanes) is 1. The molecule has 0 saturated heterocycles. The number of rotatable bonds is 9. The standard InChI is InChI=1S/C21H27N5O2/c1-3-28-14-17-25-18-19(15(2)13-24-20(18)22)26(17)12-8-7-11-23-21(27)16-9-5-4-6-10-16/h4-6,9-10,13H,3,7-8,11-12,14H2,1-2H3,(H2,22,24)(H,23,27). The molecule has 0 unspecified atom stereocenters. The van der Waals surface area contributed by atoms with Crippen LogP contribution in [0.4, 0.5) is 5.82 Å². The summed E-state index contributed by atoms with van der Waals surface area (Å²) in [5.41, 5.74) is 9.48. The Labute approximate surface area is 164 Å². The number of pyridine rings is 1. The van der Waals surface area contributed by atoms with Crippen molar-refractivity contribution < 1.29 is 9.53 Å². The van der Waals surface area contributed by atoms with Crippen molar-refractivity contribution in [2.24, 2.45) is 0 Å². The van der Waals surface area contributed by atoms with Crippen LogP contribution in [-0.2, 0) is 17.9 Å². The second-order valence-corrected chi connectivity index (χ2v) is 6.67. The summed E-state index contributed by atoms with van der Waals surface area (Å²) >= 11 is 0. The summed E-state index contributed by atoms with van der Waals surface area (Å²) in [6.45, 7) is 6.45. The number of ether oxygens (including phenoxy) is 1. The number of aromatic nitrogens is 3. The number of nitrogens with zero attached hydrogens (tertiary/aromatic N) is 3. The zero-order chi connectivity index (χ0) is 19.9. The Bertz CT molecular complexity index is 937. The number of hydrogen-bond acceptors (Lipinski definition) is 5. The molecule has 1 amide bonds. The van der Waals surface area contributed by atoms with Crippen LogP contribution in [0.1, 0.15) is 41.5 Å². The molecule has 0 aliphatic carbocycles. The number of amides is 1. The molecule has 0 radical (unpaired) electrons. The molecule has 7 heteroatoms. The van der Waals surface area contributed by atoms with Crippen molar-refractivity contribution in [2.45, 2.75) is 39.8 Å². The molecule has 2 heterocycles. The van der Waals surface area contributed by atoms with Crippen molar-refractivity contribution in [1.29, 1.82) is 0 Å². The predicted molar refractivity (Wildman–Crippen MR) is 110 cm³/mol. The van der Waals surface area contributed by atoms with E-state index >= 15 is 0 Å². The van der Waals surface area contributed by atoms with Gasteiger partial charge in [-0.2, -0.15) is 0 Å². The molecule has 3 aromatic rings. The van der Waals surface area contributed by atoms with E-state index in [4.69, 9.17) is 10.5 Å². The normalized spacial score (nSPS) is 11.1. The minimum absolute atomic E-state index is 0.0413. The lowest BCUT2D eigenvalue weighted by atomic mass is 10.2. The van der Waals surface area contributed by atoms with E-state index in [9.17, 15) is 4.79 Å². The Morgan fingerprint density at radius 2 is 2.04 bits per heavy atom. The number of nitrogens with one attached hydrogen (secondary N) is 1. The quantitative estimate of drug-likeness (QED) is 0.556. The van der Waals surface area contributed by atoms with E-state index in [0.29, 0.717) is 31.1 Å². The van der Waals surface area contributed by atoms with Crippen LogP contribution in [0.2, 0.25) is 0 Å². The summed E-state index contributed by atoms with van der Waals surface area (Å²) in [7, 11) is 0. The van der Waals surface area contributed by atoms with Gasteiger partial charge in [0, 0.05) is 31.5 Å². The van der Waals surface area contributed by atoms with Crippen molar-refractivity contribution in [2.75, 3.05) is 18.9 Å². The molecule has 0 saturated carbocycles. The van der Waals surface area contributed by atoms with Crippen LogP contribution in [0.3, 0.4) is 0 Å². The lowest BCUT2D eigenvalue weighted by Gasteiger charge is -2.11. The summed E-state index contributed by atoms with van der Waals surface area (Å²) < 4.78 is 7.74. The zero-order valence-electron chi connectivity index (χ0n) is 16.4. The first-order valence-electron chi connectivity index (χ1n) is 9.63. The Morgan fingerprint density at radius 3 is 2.79 bits per heavy atom. The highest BCUT2D eigenvalue weighted by atomic mass is 16.5. The van der Waals surface area contributed by atoms with Gasteiger partial charge in [0.15, 0.2) is 5.82 Å². The third-order valence-corrected chi connectivity index (χ3v) is 4.63. The molecule has 0 atom stereocenters. The van der Waals surface area contributed by atoms with Crippen LogP contribution in [0.25, 0.3) is 11.0 Å². The van der Waals surface area contributed by atoms with Crippen molar-refractivity contribution >= 4 is 22.8 Å². The van der Waals surface area contributed by atoms with E-state index in [1.54, 1.807) is 6.20 Å². The molecule has 0 bridgehead atoms. The van der Waals surface area contributed by atoms with Gasteiger partial charge in [-0.15, -0.1) is 0 Å². The molecule has 3 rings (SSSR count). The van der Waals surface area contributed by atoms with Crippen molar-refractivity contribution in [3.05, 3.63) is 53.5 Å². The smallest absolute Gasteiger partial charge is 0.251 e. The monoisotopic (exact) mass is 381 g/mol. The first kappa shape index (κ1) is 19.8. The van der Waals surface area contributed by atoms with Crippen LogP contribution in [0, 0.1) is 6.92 Å². The van der Waals surface area contributed by atoms with E-state index in [1.807, 2.05) is 44.2 Å². The van der Waals surface area contributed by atoms with Gasteiger partial charge in [-0.3, -0.25) is 4.79 Å². The zero-order valence-corrected chi connectivity index (χ0v) is 16.4. The van der Waals surface area contributed by atoms with Gasteiger partial charge in [-0.05, 0) is 44.4 Å². The molecule has 0 aliphatic rings. The van der Waals surface area contributed by atoms with Crippen LogP contribution >= 0.6 is 0 Å². The van der Waals surface area contributed by atoms with Crippen LogP contribution in [-0.4, -0.2) is 33.6 Å². The molecular formula is C21H27N5O2. The summed E-state index contributed by atoms with van der Waals surface area (Å²) in [6, 6.07) is 9.25. The summed E-state index contributed by atoms with van der Waals surface area (Å²) in [6.07, 6.45) is 3.55. The van der Waals surface area contributed by atoms with E-state index in [2.05, 4.69) is 19.9 Å². The highest BCUT2D eigenvalue weighted by molar-refractivity contribution is 5.94. The number of aryl methyl sites for hydroxylation is 2. The van der Waals surface area contributed by atoms with Crippen molar-refractivity contribution in [3.8, 4) is 0 Å². The Morgan fingerprint density at radius 1 is 1.25 bits per heavy atom. The van der Waals surface area contributed by atoms with E-state index in [1.165, 1.54) is 0 Å². The number of carbonyl (C=O) groups is 1. The Kier molecular flexibility index (Phi) is 6.60. The largest absolute Gasteiger partial charge is 0.382 e. The van der Waals surface area contributed by atoms with Crippen LogP contribution in [0.5, 0.6) is 0 Å². The number of nitrogen functional groups attached to an aromatic ring is 1. The first-order valence-corrected chi connectivity index (χ1v) is 9.63. The molecule has 0 spiro atoms. The SMILES string of the molecule is CCOCc1nc2c(N)ncc(C)c2n1CCCCNC(=O)c1ccccc1. The van der Waals surface area contributed by atoms with Gasteiger partial charge >= 0.3 is 0 Å². The fraction of sp³-hybridized carbons (Fsp3) is 0.381. The Hall–Kier alpha value is -2.93. The number of anilines is 1. The van der Waals surface area contributed by atoms with Crippen molar-refractivity contribution in [3.63, 3.8) is 0 Å². The maximum absolute atomic E-state index is 12.1. The molecule has 3 N–H and O–H groups in total. The molecule has 28 heavy (non-hydrogen) atoms. The molecule has 2 aromatic heterocycles. The van der Waals surface area contributed by atoms with Gasteiger partial charge in [-0.25, -0.2) is 9.97 Å². The van der Waals surface area contributed by atoms with E-state index in [0.717, 1.165) is 41.8 Å². The topological polar surface area (TPSA) is 95.1 Å². The number of carbonyl (C=O) groups excluding carboxylic acids is 1. The van der Waals surface area contributed by atoms with Crippen molar-refractivity contribution in [1.82, 2.24) is 19.9 Å². The van der Waals surface area contributed by atoms with Gasteiger partial charge in [0.1, 0.15) is 17.9 Å². The van der Waals surface area contributed by atoms with Crippen LogP contribution in [0.15, 0.2) is 36.5 Å². The van der Waals surface area contributed by atoms with Gasteiger partial charge in [0.05, 0.1) is 5.52 Å². The van der Waals surface area contributed by atoms with Gasteiger partial charge in [0.2, 0.25) is 0 Å². The fourth-order valence-corrected chi connectivity index (χ4v) is 3.20. The molecule has 7 nitrogen and oxygen atoms in total. The lowest BCUT2D eigenvalue weighted by Crippen LogP contribution is -2.24. The predicted octanol–water partition coefficient (Wildman–Crippen LogP) is 3.07. The van der Waals surface area contributed by atoms with E-state index < -0.39 is 0 Å². The maximum atomic E-state index is 12.1. The van der Waals surface area contributed by atoms with Crippen LogP contribution < -0.4 is 11.1 Å². The first-order chi connectivity index (χ1) is 13.6. The average molecular weight is 381 g/mol. The van der Waals surface area contributed by atoms with Gasteiger partial charge < -0.3 is 20.4 Å². The second kappa shape index (κ2) is 9.32. The number of hydrogen-bond donors (Lipinski definition) is 2. The molecule has 0 fully saturated rings. The summed E-state index contributed by atoms with van der Waals surface area (Å²) in [5, 5.41) is 2.97. The molecule has 148 valence electrons. The molecule has 0 aliphatic heterocycles. The number of benzene rings is 1. The Balaban J connectivity index is 1.63. The lowest BCUT2D eigenvalue weighted by molar-refractivity contribution is 0.0953. The second-order valence-electron chi connectivity index (χ2n) is 6.67. The number of imidazole rings is 1. The fourth-order valence-electron chi connectivity index (χ4n) is 3.20. The number of nitrogens with two attached hydrogens (primary N) is 1. The summed E-state index contributed by atoms with van der Waals surface area (Å²) in [5.74, 6) is 1.25. The minimum atomic E-state index is -0.0413. The molecular weight excluding hydrogens is 354 g/mol. The average Bonchev–Trinajstić information content (AvgIpc) is 3.09. The third kappa shape index (κ3) is 4.48. The minimum Gasteiger partial charge on any atom is -0.382 e. The van der Waals surface area contributed by atoms with E-state index in [-0.39, 0.29) is 5.91 Å². The maximum Gasteiger partial charge on any atom is 0.251 e. The third-order valence-electron chi connectivity index (χ3n) is 4.63. The highest BCUT2D eigenvalue weighted by Crippen LogP contribution is 2.24. The highest BCUT2D eigenvalue weighted by Gasteiger charge is 2.15. The van der Waals surface area contributed by atoms with Gasteiger partial charge in [0.25, 0.3) is 5.91 Å². The van der Waals surface area contributed by atoms with Gasteiger partial charge in [-0.1, -0.05) is 18.2 Å². The summed E-state index contributed by atoms with van der Waals surface area (Å²) in [4.78, 5) is 21.0.